The lowest BCUT2D eigenvalue weighted by molar-refractivity contribution is 1.55. The minimum absolute atomic E-state index is 1.34. The summed E-state index contributed by atoms with van der Waals surface area (Å²) in [6.45, 7) is 4.33. The molecule has 1 aromatic carbocycles. The molecular weight excluding hydrogens is 184 g/mol. The highest BCUT2D eigenvalue weighted by atomic mass is 35.6. The molecule has 2 heteroatoms. The Hall–Kier alpha value is -0.533. The van der Waals surface area contributed by atoms with Gasteiger partial charge in [0.2, 0.25) is 0 Å². The van der Waals surface area contributed by atoms with Gasteiger partial charge in [0.1, 0.15) is 0 Å². The highest BCUT2D eigenvalue weighted by Gasteiger charge is 2.30. The van der Waals surface area contributed by atoms with Gasteiger partial charge in [0.25, 0.3) is 0 Å². The molecule has 0 nitrogen and oxygen atoms in total. The monoisotopic (exact) mass is 194 g/mol. The van der Waals surface area contributed by atoms with Crippen molar-refractivity contribution in [3.63, 3.8) is 0 Å². The summed E-state index contributed by atoms with van der Waals surface area (Å²) in [5.74, 6) is 0. The fourth-order valence-electron chi connectivity index (χ4n) is 1.52. The molecule has 12 heavy (non-hydrogen) atoms. The first-order chi connectivity index (χ1) is 5.59. The van der Waals surface area contributed by atoms with Crippen molar-refractivity contribution in [1.29, 1.82) is 0 Å². The summed E-state index contributed by atoms with van der Waals surface area (Å²) < 4.78 is 0. The average molecular weight is 195 g/mol. The topological polar surface area (TPSA) is 0 Å². The van der Waals surface area contributed by atoms with Crippen LogP contribution in [-0.4, -0.2) is 7.38 Å². The molecule has 1 aliphatic carbocycles. The molecule has 0 saturated carbocycles. The van der Waals surface area contributed by atoms with Crippen LogP contribution in [0.5, 0.6) is 0 Å². The molecule has 0 bridgehead atoms. The molecule has 0 heterocycles. The lowest BCUT2D eigenvalue weighted by atomic mass is 9.98. The largest absolute Gasteiger partial charge is 0.181 e. The van der Waals surface area contributed by atoms with Crippen LogP contribution < -0.4 is 0 Å². The Kier molecular flexibility index (Phi) is 1.67. The van der Waals surface area contributed by atoms with Gasteiger partial charge in [0.15, 0.2) is 7.38 Å². The lowest BCUT2D eigenvalue weighted by Gasteiger charge is -2.27. The molecule has 0 saturated heterocycles. The van der Waals surface area contributed by atoms with Crippen LogP contribution in [0, 0.1) is 0 Å². The normalized spacial score (nSPS) is 14.8. The van der Waals surface area contributed by atoms with Crippen LogP contribution in [0.2, 0.25) is 13.1 Å². The SMILES string of the molecule is C[Si](C)(Cl)C1=Cc2ccccc21. The van der Waals surface area contributed by atoms with E-state index in [1.165, 1.54) is 16.3 Å². The lowest BCUT2D eigenvalue weighted by Crippen LogP contribution is -2.23. The number of rotatable bonds is 1. The van der Waals surface area contributed by atoms with Gasteiger partial charge in [0.05, 0.1) is 0 Å². The third-order valence-electron chi connectivity index (χ3n) is 2.19. The standard InChI is InChI=1S/C10H11ClSi/c1-12(2,11)10-7-8-5-3-4-6-9(8)10/h3-7H,1-2H3. The summed E-state index contributed by atoms with van der Waals surface area (Å²) in [7, 11) is -1.59. The molecule has 0 amide bonds. The zero-order valence-corrected chi connectivity index (χ0v) is 9.02. The molecule has 2 rings (SSSR count). The fourth-order valence-corrected chi connectivity index (χ4v) is 3.35. The highest BCUT2D eigenvalue weighted by Crippen LogP contribution is 2.40. The number of hydrogen-bond acceptors (Lipinski definition) is 0. The van der Waals surface area contributed by atoms with Gasteiger partial charge in [-0.3, -0.25) is 0 Å². The van der Waals surface area contributed by atoms with Gasteiger partial charge >= 0.3 is 0 Å². The van der Waals surface area contributed by atoms with Crippen LogP contribution in [0.1, 0.15) is 11.1 Å². The predicted octanol–water partition coefficient (Wildman–Crippen LogP) is 3.52. The van der Waals surface area contributed by atoms with Gasteiger partial charge in [-0.15, -0.1) is 0 Å². The summed E-state index contributed by atoms with van der Waals surface area (Å²) in [6, 6.07) is 8.43. The van der Waals surface area contributed by atoms with Gasteiger partial charge in [-0.2, -0.15) is 11.1 Å². The van der Waals surface area contributed by atoms with Gasteiger partial charge in [-0.25, -0.2) is 0 Å². The summed E-state index contributed by atoms with van der Waals surface area (Å²) in [5.41, 5.74) is 2.71. The van der Waals surface area contributed by atoms with Gasteiger partial charge < -0.3 is 0 Å². The van der Waals surface area contributed by atoms with Gasteiger partial charge in [-0.1, -0.05) is 43.4 Å². The quantitative estimate of drug-likeness (QED) is 0.474. The molecule has 0 atom stereocenters. The second-order valence-electron chi connectivity index (χ2n) is 3.62. The third-order valence-corrected chi connectivity index (χ3v) is 4.50. The predicted molar refractivity (Wildman–Crippen MR) is 57.6 cm³/mol. The van der Waals surface area contributed by atoms with Crippen molar-refractivity contribution in [3.05, 3.63) is 35.4 Å². The van der Waals surface area contributed by atoms with Crippen molar-refractivity contribution in [3.8, 4) is 0 Å². The molecule has 1 aliphatic rings. The third kappa shape index (κ3) is 1.13. The maximum Gasteiger partial charge on any atom is 0.181 e. The molecule has 0 aromatic heterocycles. The van der Waals surface area contributed by atoms with Crippen LogP contribution in [-0.2, 0) is 0 Å². The second-order valence-corrected chi connectivity index (χ2v) is 9.94. The molecule has 0 fully saturated rings. The Morgan fingerprint density at radius 1 is 1.17 bits per heavy atom. The number of halogens is 1. The molecule has 1 aromatic rings. The van der Waals surface area contributed by atoms with E-state index >= 15 is 0 Å². The number of benzene rings is 1. The summed E-state index contributed by atoms with van der Waals surface area (Å²) in [5, 5.41) is 1.39. The van der Waals surface area contributed by atoms with E-state index in [0.717, 1.165) is 0 Å². The molecule has 0 radical (unpaired) electrons. The van der Waals surface area contributed by atoms with E-state index in [1.807, 2.05) is 0 Å². The Morgan fingerprint density at radius 2 is 1.83 bits per heavy atom. The van der Waals surface area contributed by atoms with Crippen molar-refractivity contribution >= 4 is 29.7 Å². The first kappa shape index (κ1) is 8.08. The average Bonchev–Trinajstić information content (AvgIpc) is 1.88. The van der Waals surface area contributed by atoms with Crippen LogP contribution >= 0.6 is 11.1 Å². The fraction of sp³-hybridized carbons (Fsp3) is 0.200. The number of hydrogen-bond donors (Lipinski definition) is 0. The van der Waals surface area contributed by atoms with Crippen LogP contribution in [0.15, 0.2) is 24.3 Å². The van der Waals surface area contributed by atoms with E-state index in [0.29, 0.717) is 0 Å². The minimum atomic E-state index is -1.59. The zero-order valence-electron chi connectivity index (χ0n) is 7.26. The van der Waals surface area contributed by atoms with Crippen molar-refractivity contribution in [2.75, 3.05) is 0 Å². The molecule has 0 spiro atoms. The van der Waals surface area contributed by atoms with Crippen LogP contribution in [0.25, 0.3) is 11.3 Å². The van der Waals surface area contributed by atoms with E-state index in [1.54, 1.807) is 0 Å². The minimum Gasteiger partial charge on any atom is -0.161 e. The summed E-state index contributed by atoms with van der Waals surface area (Å²) in [4.78, 5) is 0. The molecule has 0 N–H and O–H groups in total. The van der Waals surface area contributed by atoms with E-state index in [-0.39, 0.29) is 0 Å². The van der Waals surface area contributed by atoms with E-state index in [2.05, 4.69) is 43.4 Å². The Balaban J connectivity index is 2.40. The smallest absolute Gasteiger partial charge is 0.161 e. The van der Waals surface area contributed by atoms with Crippen molar-refractivity contribution in [2.45, 2.75) is 13.1 Å². The Labute approximate surface area is 78.6 Å². The maximum absolute atomic E-state index is 6.33. The van der Waals surface area contributed by atoms with Crippen molar-refractivity contribution in [2.24, 2.45) is 0 Å². The number of fused-ring (bicyclic) bond motifs is 1. The van der Waals surface area contributed by atoms with E-state index in [9.17, 15) is 0 Å². The van der Waals surface area contributed by atoms with Crippen LogP contribution in [0.4, 0.5) is 0 Å². The molecule has 0 unspecified atom stereocenters. The van der Waals surface area contributed by atoms with Crippen molar-refractivity contribution in [1.82, 2.24) is 0 Å². The summed E-state index contributed by atoms with van der Waals surface area (Å²) >= 11 is 6.33. The van der Waals surface area contributed by atoms with Crippen LogP contribution in [0.3, 0.4) is 0 Å². The summed E-state index contributed by atoms with van der Waals surface area (Å²) in [6.07, 6.45) is 2.22. The molecule has 62 valence electrons. The van der Waals surface area contributed by atoms with E-state index in [4.69, 9.17) is 11.1 Å². The second kappa shape index (κ2) is 2.48. The van der Waals surface area contributed by atoms with Crippen molar-refractivity contribution < 1.29 is 0 Å². The molecule has 0 aliphatic heterocycles. The Morgan fingerprint density at radius 3 is 2.42 bits per heavy atom. The van der Waals surface area contributed by atoms with Gasteiger partial charge in [0, 0.05) is 0 Å². The van der Waals surface area contributed by atoms with Gasteiger partial charge in [-0.05, 0) is 16.3 Å². The highest BCUT2D eigenvalue weighted by molar-refractivity contribution is 7.29. The Bertz CT molecular complexity index is 347. The molecular formula is C10H11ClSi. The maximum atomic E-state index is 6.33. The first-order valence-electron chi connectivity index (χ1n) is 4.09. The van der Waals surface area contributed by atoms with E-state index < -0.39 is 7.38 Å². The zero-order chi connectivity index (χ0) is 8.77. The first-order valence-corrected chi connectivity index (χ1v) is 8.11.